The van der Waals surface area contributed by atoms with Gasteiger partial charge in [-0.15, -0.1) is 10.2 Å². The Bertz CT molecular complexity index is 1390. The highest BCUT2D eigenvalue weighted by atomic mass is 32.2. The van der Waals surface area contributed by atoms with Crippen LogP contribution in [0.3, 0.4) is 0 Å². The highest BCUT2D eigenvalue weighted by molar-refractivity contribution is 7.86. The molecule has 0 bridgehead atoms. The third-order valence-corrected chi connectivity index (χ3v) is 6.15. The van der Waals surface area contributed by atoms with E-state index >= 15 is 0 Å². The Morgan fingerprint density at radius 2 is 0.969 bits per heavy atom. The van der Waals surface area contributed by atoms with Gasteiger partial charge in [0.2, 0.25) is 0 Å². The van der Waals surface area contributed by atoms with E-state index in [1.165, 1.54) is 60.9 Å². The number of nitrogens with one attached hydrogen (secondary N) is 2. The number of aromatic nitrogens is 4. The first-order valence-corrected chi connectivity index (χ1v) is 11.7. The van der Waals surface area contributed by atoms with E-state index in [-0.39, 0.29) is 21.4 Å². The van der Waals surface area contributed by atoms with Crippen LogP contribution in [0.4, 0.5) is 11.6 Å². The van der Waals surface area contributed by atoms with Crippen LogP contribution in [-0.4, -0.2) is 46.3 Å². The first kappa shape index (κ1) is 21.5. The van der Waals surface area contributed by atoms with Crippen LogP contribution in [0.25, 0.3) is 22.3 Å². The van der Waals surface area contributed by atoms with E-state index in [1.54, 1.807) is 0 Å². The molecule has 0 aliphatic carbocycles. The second-order valence-corrected chi connectivity index (χ2v) is 9.31. The first-order chi connectivity index (χ1) is 15.1. The summed E-state index contributed by atoms with van der Waals surface area (Å²) in [5.41, 5.74) is 2.25. The van der Waals surface area contributed by atoms with Crippen LogP contribution in [0.15, 0.2) is 80.9 Å². The Hall–Kier alpha value is -3.72. The summed E-state index contributed by atoms with van der Waals surface area (Å²) in [5, 5.41) is 21.5. The number of benzene rings is 2. The van der Waals surface area contributed by atoms with E-state index in [2.05, 4.69) is 30.6 Å². The molecule has 12 nitrogen and oxygen atoms in total. The molecule has 32 heavy (non-hydrogen) atoms. The Morgan fingerprint density at radius 1 is 0.625 bits per heavy atom. The molecule has 4 N–H and O–H groups in total. The molecule has 0 saturated carbocycles. The Labute approximate surface area is 181 Å². The topological polar surface area (TPSA) is 191 Å². The second-order valence-electron chi connectivity index (χ2n) is 6.46. The molecule has 0 atom stereocenters. The molecule has 2 heterocycles. The monoisotopic (exact) mass is 474 g/mol. The number of hydrogen-bond donors (Lipinski definition) is 4. The van der Waals surface area contributed by atoms with E-state index < -0.39 is 20.2 Å². The van der Waals surface area contributed by atoms with Gasteiger partial charge in [-0.1, -0.05) is 24.3 Å². The molecule has 4 aromatic rings. The van der Waals surface area contributed by atoms with Crippen LogP contribution in [0.5, 0.6) is 0 Å². The van der Waals surface area contributed by atoms with E-state index in [4.69, 9.17) is 9.11 Å². The first-order valence-electron chi connectivity index (χ1n) is 8.77. The lowest BCUT2D eigenvalue weighted by molar-refractivity contribution is 0.481. The summed E-state index contributed by atoms with van der Waals surface area (Å²) in [6.07, 6.45) is 2.97. The zero-order valence-corrected chi connectivity index (χ0v) is 17.5. The van der Waals surface area contributed by atoms with Crippen LogP contribution in [0, 0.1) is 0 Å². The van der Waals surface area contributed by atoms with Crippen molar-refractivity contribution in [3.8, 4) is 22.3 Å². The van der Waals surface area contributed by atoms with Gasteiger partial charge < -0.3 is 0 Å². The van der Waals surface area contributed by atoms with Crippen LogP contribution < -0.4 is 0 Å². The second kappa shape index (κ2) is 8.08. The molecule has 0 aliphatic heterocycles. The van der Waals surface area contributed by atoms with Gasteiger partial charge in [-0.25, -0.2) is 0 Å². The van der Waals surface area contributed by atoms with Crippen LogP contribution in [0.1, 0.15) is 0 Å². The molecule has 0 saturated heterocycles. The maximum atomic E-state index is 11.2. The summed E-state index contributed by atoms with van der Waals surface area (Å²) in [6, 6.07) is 11.0. The fourth-order valence-electron chi connectivity index (χ4n) is 2.85. The molecule has 4 rings (SSSR count). The molecule has 14 heteroatoms. The molecule has 164 valence electrons. The Morgan fingerprint density at radius 3 is 1.28 bits per heavy atom. The van der Waals surface area contributed by atoms with Crippen LogP contribution in [-0.2, 0) is 20.2 Å². The van der Waals surface area contributed by atoms with Gasteiger partial charge in [0, 0.05) is 11.1 Å². The predicted molar refractivity (Wildman–Crippen MR) is 112 cm³/mol. The SMILES string of the molecule is O=S(=O)(O)c1ccc(-c2cn[nH]c2N=Nc2[nH]ncc2-c2ccc(S(=O)(=O)O)cc2)cc1. The van der Waals surface area contributed by atoms with Gasteiger partial charge in [-0.05, 0) is 35.4 Å². The normalized spacial score (nSPS) is 12.4. The third kappa shape index (κ3) is 4.47. The van der Waals surface area contributed by atoms with Crippen molar-refractivity contribution in [2.24, 2.45) is 10.2 Å². The molecule has 0 amide bonds. The molecule has 2 aromatic carbocycles. The van der Waals surface area contributed by atoms with E-state index in [0.29, 0.717) is 22.3 Å². The van der Waals surface area contributed by atoms with E-state index in [9.17, 15) is 16.8 Å². The number of rotatable bonds is 6. The van der Waals surface area contributed by atoms with Crippen molar-refractivity contribution < 1.29 is 25.9 Å². The molecule has 0 unspecified atom stereocenters. The van der Waals surface area contributed by atoms with Crippen molar-refractivity contribution >= 4 is 31.9 Å². The van der Waals surface area contributed by atoms with Crippen LogP contribution >= 0.6 is 0 Å². The predicted octanol–water partition coefficient (Wildman–Crippen LogP) is 3.38. The summed E-state index contributed by atoms with van der Waals surface area (Å²) in [4.78, 5) is -0.481. The van der Waals surface area contributed by atoms with Crippen molar-refractivity contribution in [2.45, 2.75) is 9.79 Å². The average Bonchev–Trinajstić information content (AvgIpc) is 3.40. The zero-order chi connectivity index (χ0) is 22.9. The summed E-state index contributed by atoms with van der Waals surface area (Å²) in [5.74, 6) is 0.568. The molecule has 2 aromatic heterocycles. The van der Waals surface area contributed by atoms with Gasteiger partial charge in [0.1, 0.15) is 0 Å². The highest BCUT2D eigenvalue weighted by Gasteiger charge is 2.14. The minimum atomic E-state index is -4.30. The lowest BCUT2D eigenvalue weighted by Gasteiger charge is -2.02. The van der Waals surface area contributed by atoms with Crippen molar-refractivity contribution in [2.75, 3.05) is 0 Å². The van der Waals surface area contributed by atoms with Gasteiger partial charge >= 0.3 is 0 Å². The lowest BCUT2D eigenvalue weighted by atomic mass is 10.1. The summed E-state index contributed by atoms with van der Waals surface area (Å²) >= 11 is 0. The zero-order valence-electron chi connectivity index (χ0n) is 15.9. The van der Waals surface area contributed by atoms with Crippen molar-refractivity contribution in [1.82, 2.24) is 20.4 Å². The molecular formula is C18H14N6O6S2. The maximum Gasteiger partial charge on any atom is 0.294 e. The standard InChI is InChI=1S/C18H14N6O6S2/c25-31(26,27)13-5-1-11(2-6-13)15-9-19-21-17(15)23-24-18-16(10-20-22-18)12-3-7-14(8-4-12)32(28,29)30/h1-10H,(H,19,21)(H,20,22)(H,25,26,27)(H,28,29,30). The van der Waals surface area contributed by atoms with E-state index in [1.807, 2.05) is 0 Å². The fourth-order valence-corrected chi connectivity index (χ4v) is 3.81. The summed E-state index contributed by atoms with van der Waals surface area (Å²) in [6.45, 7) is 0. The van der Waals surface area contributed by atoms with Gasteiger partial charge in [0.05, 0.1) is 22.2 Å². The number of aromatic amines is 2. The molecular weight excluding hydrogens is 460 g/mol. The number of nitrogens with zero attached hydrogens (tertiary/aromatic N) is 4. The minimum absolute atomic E-state index is 0.241. The largest absolute Gasteiger partial charge is 0.294 e. The minimum Gasteiger partial charge on any atom is -0.282 e. The number of H-pyrrole nitrogens is 2. The van der Waals surface area contributed by atoms with Crippen molar-refractivity contribution in [3.05, 3.63) is 60.9 Å². The third-order valence-electron chi connectivity index (χ3n) is 4.41. The van der Waals surface area contributed by atoms with Gasteiger partial charge in [-0.2, -0.15) is 27.0 Å². The maximum absolute atomic E-state index is 11.2. The van der Waals surface area contributed by atoms with Gasteiger partial charge in [0.25, 0.3) is 20.2 Å². The molecule has 0 aliphatic rings. The molecule has 0 fully saturated rings. The summed E-state index contributed by atoms with van der Waals surface area (Å²) < 4.78 is 63.0. The number of hydrogen-bond acceptors (Lipinski definition) is 8. The smallest absolute Gasteiger partial charge is 0.282 e. The quantitative estimate of drug-likeness (QED) is 0.241. The summed E-state index contributed by atoms with van der Waals surface area (Å²) in [7, 11) is -8.61. The number of azo groups is 1. The lowest BCUT2D eigenvalue weighted by Crippen LogP contribution is -1.97. The molecule has 0 radical (unpaired) electrons. The fraction of sp³-hybridized carbons (Fsp3) is 0. The average molecular weight is 474 g/mol. The van der Waals surface area contributed by atoms with Crippen LogP contribution in [0.2, 0.25) is 0 Å². The van der Waals surface area contributed by atoms with Crippen molar-refractivity contribution in [1.29, 1.82) is 0 Å². The Kier molecular flexibility index (Phi) is 5.43. The van der Waals surface area contributed by atoms with Gasteiger partial charge in [0.15, 0.2) is 11.6 Å². The van der Waals surface area contributed by atoms with E-state index in [0.717, 1.165) is 0 Å². The van der Waals surface area contributed by atoms with Gasteiger partial charge in [-0.3, -0.25) is 19.3 Å². The van der Waals surface area contributed by atoms with Crippen molar-refractivity contribution in [3.63, 3.8) is 0 Å². The highest BCUT2D eigenvalue weighted by Crippen LogP contribution is 2.33. The Balaban J connectivity index is 1.62. The molecule has 0 spiro atoms.